The van der Waals surface area contributed by atoms with Gasteiger partial charge in [-0.3, -0.25) is 4.79 Å². The molecule has 0 fully saturated rings. The van der Waals surface area contributed by atoms with Crippen molar-refractivity contribution in [3.05, 3.63) is 53.0 Å². The summed E-state index contributed by atoms with van der Waals surface area (Å²) in [5, 5.41) is 8.95. The molecule has 1 heterocycles. The van der Waals surface area contributed by atoms with E-state index in [0.29, 0.717) is 11.8 Å². The van der Waals surface area contributed by atoms with Crippen molar-refractivity contribution in [2.75, 3.05) is 14.2 Å². The van der Waals surface area contributed by atoms with Crippen LogP contribution in [0.2, 0.25) is 0 Å². The molecule has 0 saturated carbocycles. The molecule has 0 aliphatic heterocycles. The molecule has 34 heavy (non-hydrogen) atoms. The fourth-order valence-electron chi connectivity index (χ4n) is 2.85. The van der Waals surface area contributed by atoms with Crippen LogP contribution in [-0.4, -0.2) is 37.0 Å². The highest BCUT2D eigenvalue weighted by Crippen LogP contribution is 2.35. The number of ether oxygens (including phenoxy) is 2. The zero-order valence-corrected chi connectivity index (χ0v) is 20.2. The molecule has 0 saturated heterocycles. The maximum absolute atomic E-state index is 13.3. The first-order valence-corrected chi connectivity index (χ1v) is 10.5. The number of amides is 1. The van der Waals surface area contributed by atoms with Crippen molar-refractivity contribution in [3.8, 4) is 11.8 Å². The van der Waals surface area contributed by atoms with Crippen LogP contribution in [-0.2, 0) is 22.3 Å². The minimum atomic E-state index is -4.75. The van der Waals surface area contributed by atoms with E-state index >= 15 is 0 Å². The monoisotopic (exact) mass is 482 g/mol. The number of benzene rings is 1. The fraction of sp³-hybridized carbons (Fsp3) is 0.458. The largest absolute Gasteiger partial charge is 0.480 e. The maximum Gasteiger partial charge on any atom is 0.417 e. The lowest BCUT2D eigenvalue weighted by atomic mass is 9.88. The Hall–Kier alpha value is -3.48. The number of furan rings is 1. The number of hydrogen-bond acceptors (Lipinski definition) is 6. The molecule has 2 rings (SSSR count). The molecule has 2 aromatic rings. The number of alkyl halides is 3. The minimum absolute atomic E-state index is 0.00701. The van der Waals surface area contributed by atoms with E-state index in [-0.39, 0.29) is 18.1 Å². The SMILES string of the molecule is CC.COC(=O)c1ccc(CN(C)C(=O)C(Oc2ccc(C#N)c(C(F)(F)F)c2)C(C)(C)C)o1. The van der Waals surface area contributed by atoms with Gasteiger partial charge < -0.3 is 18.8 Å². The van der Waals surface area contributed by atoms with Gasteiger partial charge in [0.1, 0.15) is 11.5 Å². The normalized spacial score (nSPS) is 12.0. The van der Waals surface area contributed by atoms with Gasteiger partial charge in [0.15, 0.2) is 6.10 Å². The van der Waals surface area contributed by atoms with Crippen molar-refractivity contribution in [1.29, 1.82) is 5.26 Å². The average Bonchev–Trinajstić information content (AvgIpc) is 3.24. The number of nitriles is 1. The number of rotatable bonds is 6. The summed E-state index contributed by atoms with van der Waals surface area (Å²) in [6.07, 6.45) is -5.89. The number of esters is 1. The van der Waals surface area contributed by atoms with Gasteiger partial charge in [0, 0.05) is 12.5 Å². The zero-order chi connectivity index (χ0) is 26.3. The summed E-state index contributed by atoms with van der Waals surface area (Å²) in [7, 11) is 2.68. The zero-order valence-electron chi connectivity index (χ0n) is 20.2. The van der Waals surface area contributed by atoms with Crippen LogP contribution in [0.1, 0.15) is 62.1 Å². The second kappa shape index (κ2) is 11.6. The molecular weight excluding hydrogens is 453 g/mol. The number of methoxy groups -OCH3 is 1. The van der Waals surface area contributed by atoms with E-state index in [2.05, 4.69) is 4.74 Å². The highest BCUT2D eigenvalue weighted by atomic mass is 19.4. The first-order valence-electron chi connectivity index (χ1n) is 10.5. The van der Waals surface area contributed by atoms with Gasteiger partial charge in [-0.2, -0.15) is 18.4 Å². The van der Waals surface area contributed by atoms with E-state index in [4.69, 9.17) is 14.4 Å². The Bertz CT molecular complexity index is 1030. The summed E-state index contributed by atoms with van der Waals surface area (Å²) < 4.78 is 55.4. The first kappa shape index (κ1) is 28.6. The van der Waals surface area contributed by atoms with E-state index in [1.165, 1.54) is 43.3 Å². The summed E-state index contributed by atoms with van der Waals surface area (Å²) >= 11 is 0. The predicted molar refractivity (Wildman–Crippen MR) is 118 cm³/mol. The highest BCUT2D eigenvalue weighted by molar-refractivity contribution is 5.86. The van der Waals surface area contributed by atoms with E-state index in [9.17, 15) is 22.8 Å². The lowest BCUT2D eigenvalue weighted by Gasteiger charge is -2.33. The quantitative estimate of drug-likeness (QED) is 0.510. The fourth-order valence-corrected chi connectivity index (χ4v) is 2.85. The second-order valence-electron chi connectivity index (χ2n) is 8.13. The Labute approximate surface area is 197 Å². The summed E-state index contributed by atoms with van der Waals surface area (Å²) in [4.78, 5) is 25.9. The number of halogens is 3. The smallest absolute Gasteiger partial charge is 0.417 e. The highest BCUT2D eigenvalue weighted by Gasteiger charge is 2.38. The number of nitrogens with zero attached hydrogens (tertiary/aromatic N) is 2. The minimum Gasteiger partial charge on any atom is -0.480 e. The molecular formula is C24H29F3N2O5. The molecule has 0 aliphatic carbocycles. The molecule has 1 aromatic carbocycles. The van der Waals surface area contributed by atoms with Crippen LogP contribution in [0.3, 0.4) is 0 Å². The van der Waals surface area contributed by atoms with Gasteiger partial charge in [0.2, 0.25) is 5.76 Å². The Morgan fingerprint density at radius 1 is 1.15 bits per heavy atom. The van der Waals surface area contributed by atoms with E-state index in [1.54, 1.807) is 20.8 Å². The summed E-state index contributed by atoms with van der Waals surface area (Å²) in [6, 6.07) is 7.35. The Morgan fingerprint density at radius 2 is 1.76 bits per heavy atom. The van der Waals surface area contributed by atoms with Gasteiger partial charge in [0.25, 0.3) is 5.91 Å². The number of carbonyl (C=O) groups excluding carboxylic acids is 2. The molecule has 7 nitrogen and oxygen atoms in total. The number of carbonyl (C=O) groups is 2. The Morgan fingerprint density at radius 3 is 2.26 bits per heavy atom. The van der Waals surface area contributed by atoms with Crippen molar-refractivity contribution in [3.63, 3.8) is 0 Å². The number of likely N-dealkylation sites (N-methyl/N-ethyl adjacent to an activating group) is 1. The first-order chi connectivity index (χ1) is 15.8. The van der Waals surface area contributed by atoms with Crippen LogP contribution in [0.4, 0.5) is 13.2 Å². The topological polar surface area (TPSA) is 92.8 Å². The van der Waals surface area contributed by atoms with Gasteiger partial charge in [-0.15, -0.1) is 0 Å². The summed E-state index contributed by atoms with van der Waals surface area (Å²) in [6.45, 7) is 9.12. The van der Waals surface area contributed by atoms with Crippen molar-refractivity contribution in [1.82, 2.24) is 4.90 Å². The van der Waals surface area contributed by atoms with Gasteiger partial charge in [-0.1, -0.05) is 34.6 Å². The summed E-state index contributed by atoms with van der Waals surface area (Å²) in [5.74, 6) is -1.08. The van der Waals surface area contributed by atoms with Crippen molar-refractivity contribution in [2.45, 2.75) is 53.4 Å². The second-order valence-corrected chi connectivity index (χ2v) is 8.13. The molecule has 1 aromatic heterocycles. The molecule has 0 radical (unpaired) electrons. The van der Waals surface area contributed by atoms with Crippen molar-refractivity contribution >= 4 is 11.9 Å². The van der Waals surface area contributed by atoms with Gasteiger partial charge in [0.05, 0.1) is 30.9 Å². The van der Waals surface area contributed by atoms with Crippen molar-refractivity contribution in [2.24, 2.45) is 5.41 Å². The molecule has 186 valence electrons. The standard InChI is InChI=1S/C22H23F3N2O5.C2H6/c1-21(2,3)18(32-14-7-6-13(11-26)16(10-14)22(23,24)25)19(28)27(4)12-15-8-9-17(31-15)20(29)30-5;1-2/h6-10,18H,12H2,1-5H3;1-2H3. The van der Waals surface area contributed by atoms with E-state index < -0.39 is 40.7 Å². The third-order valence-corrected chi connectivity index (χ3v) is 4.50. The lowest BCUT2D eigenvalue weighted by molar-refractivity contribution is -0.143. The van der Waals surface area contributed by atoms with E-state index in [1.807, 2.05) is 13.8 Å². The van der Waals surface area contributed by atoms with Crippen LogP contribution in [0.25, 0.3) is 0 Å². The van der Waals surface area contributed by atoms with Crippen LogP contribution in [0, 0.1) is 16.7 Å². The van der Waals surface area contributed by atoms with Gasteiger partial charge in [-0.05, 0) is 30.3 Å². The van der Waals surface area contributed by atoms with Crippen LogP contribution in [0.15, 0.2) is 34.7 Å². The predicted octanol–water partition coefficient (Wildman–Crippen LogP) is 5.43. The third-order valence-electron chi connectivity index (χ3n) is 4.50. The Balaban J connectivity index is 0.00000281. The molecule has 1 atom stereocenters. The molecule has 0 spiro atoms. The molecule has 1 unspecified atom stereocenters. The van der Waals surface area contributed by atoms with Crippen LogP contribution >= 0.6 is 0 Å². The third kappa shape index (κ3) is 7.27. The summed E-state index contributed by atoms with van der Waals surface area (Å²) in [5.41, 5.74) is -2.46. The molecule has 0 aliphatic rings. The molecule has 10 heteroatoms. The van der Waals surface area contributed by atoms with E-state index in [0.717, 1.165) is 6.07 Å². The number of hydrogen-bond donors (Lipinski definition) is 0. The van der Waals surface area contributed by atoms with Gasteiger partial charge >= 0.3 is 12.1 Å². The maximum atomic E-state index is 13.3. The van der Waals surface area contributed by atoms with Crippen LogP contribution in [0.5, 0.6) is 5.75 Å². The molecule has 1 amide bonds. The molecule has 0 bridgehead atoms. The Kier molecular flexibility index (Phi) is 9.73. The van der Waals surface area contributed by atoms with Crippen LogP contribution < -0.4 is 4.74 Å². The van der Waals surface area contributed by atoms with Gasteiger partial charge in [-0.25, -0.2) is 4.79 Å². The van der Waals surface area contributed by atoms with Crippen molar-refractivity contribution < 1.29 is 36.7 Å². The molecule has 0 N–H and O–H groups in total. The average molecular weight is 482 g/mol. The lowest BCUT2D eigenvalue weighted by Crippen LogP contribution is -2.46.